The third-order valence-corrected chi connectivity index (χ3v) is 3.50. The number of hydrogen-bond acceptors (Lipinski definition) is 7. The van der Waals surface area contributed by atoms with Crippen LogP contribution in [-0.4, -0.2) is 86.1 Å². The van der Waals surface area contributed by atoms with Crippen LogP contribution in [0.1, 0.15) is 0 Å². The summed E-state index contributed by atoms with van der Waals surface area (Å²) in [6, 6.07) is 0. The average molecular weight is 351 g/mol. The number of carbonyl (C=O) groups excluding carboxylic acids is 3. The number of ether oxygens (including phenoxy) is 3. The molecule has 2 aliphatic rings. The summed E-state index contributed by atoms with van der Waals surface area (Å²) < 4.78 is 16.0. The van der Waals surface area contributed by atoms with Crippen LogP contribution in [0.15, 0.2) is 24.3 Å². The zero-order valence-electron chi connectivity index (χ0n) is 13.8. The highest BCUT2D eigenvalue weighted by Crippen LogP contribution is 2.03. The maximum atomic E-state index is 11.4. The molecule has 0 saturated heterocycles. The molecule has 0 aliphatic carbocycles. The molecule has 0 aromatic heterocycles. The Morgan fingerprint density at radius 2 is 1.04 bits per heavy atom. The molecule has 3 amide bonds. The third-order valence-electron chi connectivity index (χ3n) is 3.50. The van der Waals surface area contributed by atoms with Gasteiger partial charge in [0, 0.05) is 18.2 Å². The second-order valence-corrected chi connectivity index (χ2v) is 5.21. The number of amidine groups is 1. The second kappa shape index (κ2) is 9.82. The van der Waals surface area contributed by atoms with Gasteiger partial charge in [-0.3, -0.25) is 29.6 Å². The molecule has 0 radical (unpaired) electrons. The zero-order valence-corrected chi connectivity index (χ0v) is 13.8. The van der Waals surface area contributed by atoms with Crippen molar-refractivity contribution in [2.45, 2.75) is 0 Å². The number of hydrogen-bond donors (Lipinski definition) is 1. The van der Waals surface area contributed by atoms with Crippen molar-refractivity contribution >= 4 is 23.6 Å². The molecule has 2 aliphatic heterocycles. The zero-order chi connectivity index (χ0) is 18.1. The van der Waals surface area contributed by atoms with Gasteiger partial charge in [-0.15, -0.1) is 0 Å². The van der Waals surface area contributed by atoms with E-state index in [2.05, 4.69) is 0 Å². The first-order chi connectivity index (χ1) is 12.1. The highest BCUT2D eigenvalue weighted by molar-refractivity contribution is 6.14. The number of imide groups is 1. The molecular formula is C16H21N3O6. The fourth-order valence-electron chi connectivity index (χ4n) is 2.18. The van der Waals surface area contributed by atoms with E-state index in [9.17, 15) is 14.4 Å². The predicted octanol–water partition coefficient (Wildman–Crippen LogP) is -0.663. The summed E-state index contributed by atoms with van der Waals surface area (Å²) in [5, 5.41) is 7.52. The minimum absolute atomic E-state index is 0.176. The highest BCUT2D eigenvalue weighted by Gasteiger charge is 2.22. The molecule has 1 N–H and O–H groups in total. The highest BCUT2D eigenvalue weighted by atomic mass is 16.5. The van der Waals surface area contributed by atoms with Crippen molar-refractivity contribution in [1.29, 1.82) is 5.41 Å². The fourth-order valence-corrected chi connectivity index (χ4v) is 2.18. The summed E-state index contributed by atoms with van der Waals surface area (Å²) >= 11 is 0. The average Bonchev–Trinajstić information content (AvgIpc) is 3.08. The normalized spacial score (nSPS) is 16.8. The summed E-state index contributed by atoms with van der Waals surface area (Å²) in [6.07, 6.45) is 5.30. The van der Waals surface area contributed by atoms with Crippen molar-refractivity contribution in [2.24, 2.45) is 0 Å². The lowest BCUT2D eigenvalue weighted by molar-refractivity contribution is -0.137. The molecule has 2 heterocycles. The van der Waals surface area contributed by atoms with Gasteiger partial charge in [-0.1, -0.05) is 0 Å². The van der Waals surface area contributed by atoms with E-state index >= 15 is 0 Å². The van der Waals surface area contributed by atoms with Crippen molar-refractivity contribution in [2.75, 3.05) is 52.7 Å². The first kappa shape index (κ1) is 19.0. The summed E-state index contributed by atoms with van der Waals surface area (Å²) in [4.78, 5) is 36.4. The first-order valence-corrected chi connectivity index (χ1v) is 7.94. The maximum Gasteiger partial charge on any atom is 0.253 e. The van der Waals surface area contributed by atoms with Crippen molar-refractivity contribution in [3.05, 3.63) is 24.3 Å². The van der Waals surface area contributed by atoms with E-state index in [-0.39, 0.29) is 36.7 Å². The first-order valence-electron chi connectivity index (χ1n) is 7.94. The molecule has 0 aromatic carbocycles. The SMILES string of the molecule is N=C1C=CC(=O)N1CCOCCOCCOCCN1C(=O)C=CC1=O. The van der Waals surface area contributed by atoms with Crippen molar-refractivity contribution in [1.82, 2.24) is 9.80 Å². The molecule has 136 valence electrons. The van der Waals surface area contributed by atoms with E-state index in [1.807, 2.05) is 0 Å². The van der Waals surface area contributed by atoms with Gasteiger partial charge in [-0.25, -0.2) is 0 Å². The number of nitrogens with zero attached hydrogens (tertiary/aromatic N) is 2. The standard InChI is InChI=1S/C16H21N3O6/c17-13-1-2-14(20)18(13)5-7-23-9-11-25-12-10-24-8-6-19-15(21)3-4-16(19)22/h1-4,17H,5-12H2. The van der Waals surface area contributed by atoms with Gasteiger partial charge in [0.2, 0.25) is 0 Å². The number of rotatable bonds is 12. The topological polar surface area (TPSA) is 109 Å². The molecule has 9 nitrogen and oxygen atoms in total. The molecule has 0 saturated carbocycles. The van der Waals surface area contributed by atoms with Crippen molar-refractivity contribution < 1.29 is 28.6 Å². The van der Waals surface area contributed by atoms with Gasteiger partial charge >= 0.3 is 0 Å². The Balaban J connectivity index is 1.37. The third kappa shape index (κ3) is 5.89. The Morgan fingerprint density at radius 3 is 1.52 bits per heavy atom. The number of amides is 3. The maximum absolute atomic E-state index is 11.4. The smallest absolute Gasteiger partial charge is 0.253 e. The van der Waals surface area contributed by atoms with Gasteiger partial charge in [-0.05, 0) is 6.08 Å². The summed E-state index contributed by atoms with van der Waals surface area (Å²) in [5.41, 5.74) is 0. The molecule has 0 unspecified atom stereocenters. The second-order valence-electron chi connectivity index (χ2n) is 5.21. The van der Waals surface area contributed by atoms with Crippen LogP contribution in [0.2, 0.25) is 0 Å². The van der Waals surface area contributed by atoms with E-state index in [4.69, 9.17) is 19.6 Å². The number of carbonyl (C=O) groups is 3. The lowest BCUT2D eigenvalue weighted by Gasteiger charge is -2.15. The number of nitrogens with one attached hydrogen (secondary N) is 1. The molecule has 0 bridgehead atoms. The van der Waals surface area contributed by atoms with Crippen LogP contribution in [0.25, 0.3) is 0 Å². The Labute approximate surface area is 145 Å². The van der Waals surface area contributed by atoms with Crippen LogP contribution < -0.4 is 0 Å². The lowest BCUT2D eigenvalue weighted by Crippen LogP contribution is -2.33. The molecule has 0 aromatic rings. The van der Waals surface area contributed by atoms with Crippen molar-refractivity contribution in [3.8, 4) is 0 Å². The van der Waals surface area contributed by atoms with Gasteiger partial charge in [0.25, 0.3) is 17.7 Å². The van der Waals surface area contributed by atoms with E-state index in [1.54, 1.807) is 0 Å². The lowest BCUT2D eigenvalue weighted by atomic mass is 10.5. The largest absolute Gasteiger partial charge is 0.377 e. The quantitative estimate of drug-likeness (QED) is 0.369. The van der Waals surface area contributed by atoms with Crippen LogP contribution in [0.5, 0.6) is 0 Å². The molecule has 25 heavy (non-hydrogen) atoms. The molecule has 9 heteroatoms. The van der Waals surface area contributed by atoms with Gasteiger partial charge < -0.3 is 14.2 Å². The van der Waals surface area contributed by atoms with Crippen LogP contribution >= 0.6 is 0 Å². The van der Waals surface area contributed by atoms with Crippen LogP contribution in [-0.2, 0) is 28.6 Å². The Kier molecular flexibility index (Phi) is 7.45. The van der Waals surface area contributed by atoms with E-state index in [1.165, 1.54) is 29.2 Å². The van der Waals surface area contributed by atoms with Crippen molar-refractivity contribution in [3.63, 3.8) is 0 Å². The van der Waals surface area contributed by atoms with E-state index < -0.39 is 0 Å². The van der Waals surface area contributed by atoms with Crippen LogP contribution in [0, 0.1) is 5.41 Å². The summed E-state index contributed by atoms with van der Waals surface area (Å²) in [6.45, 7) is 2.68. The Hall–Kier alpha value is -2.36. The minimum atomic E-state index is -0.316. The van der Waals surface area contributed by atoms with Crippen LogP contribution in [0.4, 0.5) is 0 Å². The van der Waals surface area contributed by atoms with Gasteiger partial charge in [0.1, 0.15) is 5.84 Å². The minimum Gasteiger partial charge on any atom is -0.377 e. The Bertz CT molecular complexity index is 500. The summed E-state index contributed by atoms with van der Waals surface area (Å²) in [7, 11) is 0. The molecule has 2 rings (SSSR count). The van der Waals surface area contributed by atoms with E-state index in [0.717, 1.165) is 4.90 Å². The Morgan fingerprint density at radius 1 is 0.640 bits per heavy atom. The van der Waals surface area contributed by atoms with Gasteiger partial charge in [0.15, 0.2) is 0 Å². The predicted molar refractivity (Wildman–Crippen MR) is 86.9 cm³/mol. The van der Waals surface area contributed by atoms with E-state index in [0.29, 0.717) is 39.6 Å². The van der Waals surface area contributed by atoms with Gasteiger partial charge in [0.05, 0.1) is 52.7 Å². The fraction of sp³-hybridized carbons (Fsp3) is 0.500. The molecule has 0 atom stereocenters. The van der Waals surface area contributed by atoms with Gasteiger partial charge in [-0.2, -0.15) is 0 Å². The molecule has 0 spiro atoms. The summed E-state index contributed by atoms with van der Waals surface area (Å²) in [5.74, 6) is -0.655. The molecular weight excluding hydrogens is 330 g/mol. The molecule has 0 fully saturated rings. The van der Waals surface area contributed by atoms with Crippen LogP contribution in [0.3, 0.4) is 0 Å². The monoisotopic (exact) mass is 351 g/mol.